The summed E-state index contributed by atoms with van der Waals surface area (Å²) in [5, 5.41) is 9.86. The third kappa shape index (κ3) is 5.88. The maximum Gasteiger partial charge on any atom is 0.0782 e. The van der Waals surface area contributed by atoms with Crippen LogP contribution in [-0.2, 0) is 0 Å². The minimum atomic E-state index is 1.08. The highest BCUT2D eigenvalue weighted by Crippen LogP contribution is 2.47. The van der Waals surface area contributed by atoms with E-state index >= 15 is 0 Å². The Labute approximate surface area is 360 Å². The number of benzene rings is 11. The summed E-state index contributed by atoms with van der Waals surface area (Å²) in [6.07, 6.45) is 0. The average molecular weight is 789 g/mol. The van der Waals surface area contributed by atoms with E-state index in [0.717, 1.165) is 28.3 Å². The fourth-order valence-electron chi connectivity index (χ4n) is 9.78. The third-order valence-corrected chi connectivity index (χ3v) is 12.5. The van der Waals surface area contributed by atoms with Gasteiger partial charge >= 0.3 is 0 Å². The molecule has 0 fully saturated rings. The first-order valence-corrected chi connectivity index (χ1v) is 21.3. The van der Waals surface area contributed by atoms with Gasteiger partial charge in [0.2, 0.25) is 0 Å². The molecule has 12 aromatic rings. The second-order valence-electron chi connectivity index (χ2n) is 16.1. The Kier molecular flexibility index (Phi) is 8.53. The van der Waals surface area contributed by atoms with Crippen LogP contribution >= 0.6 is 0 Å². The van der Waals surface area contributed by atoms with Crippen LogP contribution in [0.5, 0.6) is 0 Å². The van der Waals surface area contributed by atoms with Crippen molar-refractivity contribution in [2.75, 3.05) is 4.90 Å². The molecule has 11 aromatic carbocycles. The molecule has 1 aromatic heterocycles. The number of rotatable bonds is 7. The van der Waals surface area contributed by atoms with Gasteiger partial charge in [0.1, 0.15) is 0 Å². The first kappa shape index (κ1) is 35.7. The summed E-state index contributed by atoms with van der Waals surface area (Å²) in [5.41, 5.74) is 14.0. The van der Waals surface area contributed by atoms with E-state index in [1.165, 1.54) is 82.0 Å². The highest BCUT2D eigenvalue weighted by molar-refractivity contribution is 6.24. The fourth-order valence-corrected chi connectivity index (χ4v) is 9.78. The van der Waals surface area contributed by atoms with Crippen LogP contribution in [0.1, 0.15) is 0 Å². The molecule has 0 radical (unpaired) electrons. The Morgan fingerprint density at radius 3 is 1.56 bits per heavy atom. The summed E-state index contributed by atoms with van der Waals surface area (Å²) >= 11 is 0. The van der Waals surface area contributed by atoms with Gasteiger partial charge in [0.05, 0.1) is 16.7 Å². The zero-order valence-electron chi connectivity index (χ0n) is 34.0. The first-order chi connectivity index (χ1) is 30.8. The highest BCUT2D eigenvalue weighted by Gasteiger charge is 2.24. The van der Waals surface area contributed by atoms with Gasteiger partial charge in [0.25, 0.3) is 0 Å². The number of hydrogen-bond acceptors (Lipinski definition) is 1. The average Bonchev–Trinajstić information content (AvgIpc) is 3.70. The quantitative estimate of drug-likeness (QED) is 0.156. The van der Waals surface area contributed by atoms with E-state index in [2.05, 4.69) is 252 Å². The normalized spacial score (nSPS) is 11.5. The summed E-state index contributed by atoms with van der Waals surface area (Å²) in [7, 11) is 0. The van der Waals surface area contributed by atoms with Gasteiger partial charge < -0.3 is 9.47 Å². The Hall–Kier alpha value is -8.20. The van der Waals surface area contributed by atoms with Crippen LogP contribution in [0.15, 0.2) is 243 Å². The van der Waals surface area contributed by atoms with E-state index in [0.29, 0.717) is 0 Å². The lowest BCUT2D eigenvalue weighted by Gasteiger charge is -2.28. The van der Waals surface area contributed by atoms with Crippen molar-refractivity contribution >= 4 is 71.2 Å². The molecular formula is C60H40N2. The predicted octanol–water partition coefficient (Wildman–Crippen LogP) is 16.7. The van der Waals surface area contributed by atoms with Crippen molar-refractivity contribution in [2.45, 2.75) is 0 Å². The third-order valence-electron chi connectivity index (χ3n) is 12.5. The molecule has 0 saturated carbocycles. The zero-order chi connectivity index (χ0) is 41.0. The molecule has 12 rings (SSSR count). The Morgan fingerprint density at radius 2 is 0.855 bits per heavy atom. The van der Waals surface area contributed by atoms with Gasteiger partial charge in [-0.25, -0.2) is 0 Å². The van der Waals surface area contributed by atoms with Crippen LogP contribution in [0.3, 0.4) is 0 Å². The Bertz CT molecular complexity index is 3600. The number of anilines is 3. The molecule has 0 atom stereocenters. The number of aromatic nitrogens is 1. The molecule has 290 valence electrons. The molecule has 0 unspecified atom stereocenters. The number of nitrogens with zero attached hydrogens (tertiary/aromatic N) is 2. The summed E-state index contributed by atoms with van der Waals surface area (Å²) < 4.78 is 2.47. The molecule has 1 heterocycles. The van der Waals surface area contributed by atoms with Crippen molar-refractivity contribution in [3.63, 3.8) is 0 Å². The second kappa shape index (κ2) is 14.8. The van der Waals surface area contributed by atoms with Crippen LogP contribution in [0, 0.1) is 0 Å². The number of hydrogen-bond donors (Lipinski definition) is 0. The van der Waals surface area contributed by atoms with Gasteiger partial charge in [-0.05, 0) is 114 Å². The predicted molar refractivity (Wildman–Crippen MR) is 264 cm³/mol. The van der Waals surface area contributed by atoms with Crippen molar-refractivity contribution < 1.29 is 0 Å². The van der Waals surface area contributed by atoms with Gasteiger partial charge in [-0.3, -0.25) is 0 Å². The molecule has 0 aliphatic carbocycles. The highest BCUT2D eigenvalue weighted by atomic mass is 15.2. The second-order valence-corrected chi connectivity index (χ2v) is 16.1. The van der Waals surface area contributed by atoms with Crippen LogP contribution in [-0.4, -0.2) is 4.57 Å². The summed E-state index contributed by atoms with van der Waals surface area (Å²) in [6, 6.07) is 88.6. The van der Waals surface area contributed by atoms with Gasteiger partial charge in [-0.2, -0.15) is 0 Å². The van der Waals surface area contributed by atoms with Gasteiger partial charge in [0.15, 0.2) is 0 Å². The van der Waals surface area contributed by atoms with E-state index in [1.807, 2.05) is 0 Å². The number of fused-ring (bicyclic) bond motifs is 7. The Balaban J connectivity index is 1.14. The minimum Gasteiger partial charge on any atom is -0.308 e. The SMILES string of the molecule is c1ccc(-c2cc(N(c3ccc(-c4cccc5cccc(-c6ccccc6)c45)cc3)c3cccc4c5c6ccccc6ccc5n(-c5ccccc5)c34)cc3ccccc23)cc1. The molecular weight excluding hydrogens is 749 g/mol. The summed E-state index contributed by atoms with van der Waals surface area (Å²) in [4.78, 5) is 2.48. The lowest BCUT2D eigenvalue weighted by molar-refractivity contribution is 1.17. The molecule has 0 amide bonds. The van der Waals surface area contributed by atoms with Crippen LogP contribution in [0.25, 0.3) is 93.2 Å². The van der Waals surface area contributed by atoms with Crippen molar-refractivity contribution in [3.8, 4) is 39.1 Å². The van der Waals surface area contributed by atoms with E-state index < -0.39 is 0 Å². The number of para-hydroxylation sites is 2. The maximum atomic E-state index is 2.48. The molecule has 0 aliphatic rings. The largest absolute Gasteiger partial charge is 0.308 e. The summed E-state index contributed by atoms with van der Waals surface area (Å²) in [5.74, 6) is 0. The zero-order valence-corrected chi connectivity index (χ0v) is 34.0. The summed E-state index contributed by atoms with van der Waals surface area (Å²) in [6.45, 7) is 0. The first-order valence-electron chi connectivity index (χ1n) is 21.3. The van der Waals surface area contributed by atoms with Crippen LogP contribution in [0.2, 0.25) is 0 Å². The van der Waals surface area contributed by atoms with Gasteiger partial charge in [-0.1, -0.05) is 194 Å². The fraction of sp³-hybridized carbons (Fsp3) is 0. The van der Waals surface area contributed by atoms with Crippen LogP contribution in [0.4, 0.5) is 17.1 Å². The topological polar surface area (TPSA) is 8.17 Å². The Morgan fingerprint density at radius 1 is 0.306 bits per heavy atom. The van der Waals surface area contributed by atoms with E-state index in [4.69, 9.17) is 0 Å². The monoisotopic (exact) mass is 788 g/mol. The van der Waals surface area contributed by atoms with Crippen molar-refractivity contribution in [1.82, 2.24) is 4.57 Å². The molecule has 2 nitrogen and oxygen atoms in total. The molecule has 0 bridgehead atoms. The lowest BCUT2D eigenvalue weighted by atomic mass is 9.91. The molecule has 0 saturated heterocycles. The van der Waals surface area contributed by atoms with E-state index in [1.54, 1.807) is 0 Å². The molecule has 62 heavy (non-hydrogen) atoms. The molecule has 0 aliphatic heterocycles. The maximum absolute atomic E-state index is 2.48. The van der Waals surface area contributed by atoms with Crippen LogP contribution < -0.4 is 4.90 Å². The molecule has 0 spiro atoms. The van der Waals surface area contributed by atoms with Crippen molar-refractivity contribution in [1.29, 1.82) is 0 Å². The minimum absolute atomic E-state index is 1.08. The standard InChI is InChI=1S/C60H40N2/c1-4-17-41(18-5-1)51-29-14-23-45-24-15-30-52(58(45)51)44-33-36-48(37-34-44)61(49-39-46-22-11-12-27-50(46)55(40-49)42-19-6-2-7-20-42)57-32-16-31-54-59-53-28-13-10-21-43(53)35-38-56(59)62(60(54)57)47-25-8-3-9-26-47/h1-40H. The van der Waals surface area contributed by atoms with E-state index in [9.17, 15) is 0 Å². The molecule has 0 N–H and O–H groups in total. The van der Waals surface area contributed by atoms with Crippen molar-refractivity contribution in [3.05, 3.63) is 243 Å². The van der Waals surface area contributed by atoms with Gasteiger partial charge in [0, 0.05) is 27.8 Å². The van der Waals surface area contributed by atoms with E-state index in [-0.39, 0.29) is 0 Å². The molecule has 2 heteroatoms. The lowest BCUT2D eigenvalue weighted by Crippen LogP contribution is -2.12. The smallest absolute Gasteiger partial charge is 0.0782 e. The van der Waals surface area contributed by atoms with Crippen molar-refractivity contribution in [2.24, 2.45) is 0 Å². The van der Waals surface area contributed by atoms with Gasteiger partial charge in [-0.15, -0.1) is 0 Å².